The fourth-order valence-electron chi connectivity index (χ4n) is 3.08. The molecular formula is C22H26F6N2O. The summed E-state index contributed by atoms with van der Waals surface area (Å²) in [4.78, 5) is 3.55. The summed E-state index contributed by atoms with van der Waals surface area (Å²) in [5, 5.41) is 13.4. The number of halogens is 6. The second-order valence-electron chi connectivity index (χ2n) is 7.38. The Labute approximate surface area is 177 Å². The average Bonchev–Trinajstić information content (AvgIpc) is 2.71. The molecule has 0 fully saturated rings. The molecule has 1 aromatic carbocycles. The van der Waals surface area contributed by atoms with Crippen LogP contribution in [-0.4, -0.2) is 23.2 Å². The molecule has 1 aromatic heterocycles. The van der Waals surface area contributed by atoms with E-state index in [0.29, 0.717) is 6.54 Å². The molecule has 0 aliphatic carbocycles. The number of unbranched alkanes of at least 4 members (excludes halogenated alkanes) is 4. The van der Waals surface area contributed by atoms with E-state index in [0.717, 1.165) is 62.4 Å². The van der Waals surface area contributed by atoms with E-state index in [2.05, 4.69) is 17.2 Å². The number of pyridine rings is 1. The van der Waals surface area contributed by atoms with Crippen molar-refractivity contribution in [2.24, 2.45) is 0 Å². The van der Waals surface area contributed by atoms with Crippen LogP contribution in [0.1, 0.15) is 62.0 Å². The summed E-state index contributed by atoms with van der Waals surface area (Å²) in [6.07, 6.45) is -5.23. The quantitative estimate of drug-likeness (QED) is 0.328. The summed E-state index contributed by atoms with van der Waals surface area (Å²) in [7, 11) is 0. The van der Waals surface area contributed by atoms with Gasteiger partial charge in [0.1, 0.15) is 5.69 Å². The average molecular weight is 448 g/mol. The van der Waals surface area contributed by atoms with Crippen LogP contribution >= 0.6 is 0 Å². The van der Waals surface area contributed by atoms with Gasteiger partial charge in [0.05, 0.1) is 17.4 Å². The number of benzene rings is 1. The number of alkyl halides is 6. The van der Waals surface area contributed by atoms with E-state index in [9.17, 15) is 31.4 Å². The second-order valence-corrected chi connectivity index (χ2v) is 7.38. The van der Waals surface area contributed by atoms with Gasteiger partial charge in [-0.3, -0.25) is 0 Å². The number of nitrogens with one attached hydrogen (secondary N) is 1. The van der Waals surface area contributed by atoms with Crippen LogP contribution in [0.25, 0.3) is 11.3 Å². The van der Waals surface area contributed by atoms with Crippen molar-refractivity contribution >= 4 is 0 Å². The largest absolute Gasteiger partial charge is 0.433 e. The highest BCUT2D eigenvalue weighted by Crippen LogP contribution is 2.34. The molecule has 0 amide bonds. The van der Waals surface area contributed by atoms with Crippen molar-refractivity contribution in [2.45, 2.75) is 57.5 Å². The van der Waals surface area contributed by atoms with Crippen molar-refractivity contribution in [1.29, 1.82) is 0 Å². The van der Waals surface area contributed by atoms with Crippen molar-refractivity contribution in [3.05, 3.63) is 53.2 Å². The monoisotopic (exact) mass is 448 g/mol. The van der Waals surface area contributed by atoms with Crippen LogP contribution in [0, 0.1) is 0 Å². The van der Waals surface area contributed by atoms with Crippen LogP contribution in [0.15, 0.2) is 36.4 Å². The third-order valence-electron chi connectivity index (χ3n) is 4.83. The molecule has 31 heavy (non-hydrogen) atoms. The molecule has 2 rings (SSSR count). The summed E-state index contributed by atoms with van der Waals surface area (Å²) >= 11 is 0. The Bertz CT molecular complexity index is 818. The van der Waals surface area contributed by atoms with E-state index >= 15 is 0 Å². The van der Waals surface area contributed by atoms with Gasteiger partial charge in [0, 0.05) is 12.1 Å². The van der Waals surface area contributed by atoms with E-state index in [1.54, 1.807) is 0 Å². The van der Waals surface area contributed by atoms with E-state index in [4.69, 9.17) is 0 Å². The molecule has 0 spiro atoms. The van der Waals surface area contributed by atoms with Crippen LogP contribution in [0.4, 0.5) is 26.3 Å². The topological polar surface area (TPSA) is 45.1 Å². The highest BCUT2D eigenvalue weighted by atomic mass is 19.4. The van der Waals surface area contributed by atoms with Gasteiger partial charge in [-0.1, -0.05) is 44.7 Å². The highest BCUT2D eigenvalue weighted by molar-refractivity contribution is 5.61. The Balaban J connectivity index is 2.16. The molecule has 1 heterocycles. The van der Waals surface area contributed by atoms with Gasteiger partial charge in [-0.15, -0.1) is 0 Å². The van der Waals surface area contributed by atoms with Crippen LogP contribution in [0.5, 0.6) is 0 Å². The van der Waals surface area contributed by atoms with Crippen LogP contribution < -0.4 is 5.32 Å². The van der Waals surface area contributed by atoms with E-state index in [-0.39, 0.29) is 23.4 Å². The molecule has 9 heteroatoms. The molecule has 0 aliphatic heterocycles. The number of aliphatic hydroxyl groups is 1. The first kappa shape index (κ1) is 25.1. The minimum Gasteiger partial charge on any atom is -0.387 e. The molecule has 0 saturated heterocycles. The van der Waals surface area contributed by atoms with E-state index in [1.807, 2.05) is 0 Å². The van der Waals surface area contributed by atoms with Gasteiger partial charge in [-0.05, 0) is 42.8 Å². The maximum Gasteiger partial charge on any atom is 0.433 e. The molecule has 1 unspecified atom stereocenters. The number of hydrogen-bond donors (Lipinski definition) is 2. The Morgan fingerprint density at radius 2 is 1.55 bits per heavy atom. The lowest BCUT2D eigenvalue weighted by Crippen LogP contribution is -2.23. The van der Waals surface area contributed by atoms with E-state index < -0.39 is 29.7 Å². The summed E-state index contributed by atoms with van der Waals surface area (Å²) in [5.74, 6) is 0. The standard InChI is InChI=1S/C22H26F6N2O/c1-2-3-4-5-6-11-29-14-19(31)16-12-18(30-20(13-16)22(26,27)28)15-7-9-17(10-8-15)21(23,24)25/h7-10,12-13,19,29,31H,2-6,11,14H2,1H3. The summed E-state index contributed by atoms with van der Waals surface area (Å²) in [5.41, 5.74) is -2.19. The predicted octanol–water partition coefficient (Wildman–Crippen LogP) is 6.38. The first-order chi connectivity index (χ1) is 14.5. The predicted molar refractivity (Wildman–Crippen MR) is 106 cm³/mol. The Morgan fingerprint density at radius 3 is 2.13 bits per heavy atom. The lowest BCUT2D eigenvalue weighted by atomic mass is 10.0. The molecule has 2 aromatic rings. The van der Waals surface area contributed by atoms with Gasteiger partial charge in [0.15, 0.2) is 0 Å². The lowest BCUT2D eigenvalue weighted by Gasteiger charge is -2.16. The van der Waals surface area contributed by atoms with Gasteiger partial charge in [-0.25, -0.2) is 4.98 Å². The summed E-state index contributed by atoms with van der Waals surface area (Å²) in [6.45, 7) is 2.79. The Morgan fingerprint density at radius 1 is 0.903 bits per heavy atom. The zero-order chi connectivity index (χ0) is 23.1. The first-order valence-corrected chi connectivity index (χ1v) is 10.2. The molecular weight excluding hydrogens is 422 g/mol. The zero-order valence-corrected chi connectivity index (χ0v) is 17.2. The van der Waals surface area contributed by atoms with Crippen LogP contribution in [-0.2, 0) is 12.4 Å². The van der Waals surface area contributed by atoms with Crippen molar-refractivity contribution in [3.8, 4) is 11.3 Å². The maximum absolute atomic E-state index is 13.3. The maximum atomic E-state index is 13.3. The smallest absolute Gasteiger partial charge is 0.387 e. The van der Waals surface area contributed by atoms with Crippen molar-refractivity contribution in [2.75, 3.05) is 13.1 Å². The summed E-state index contributed by atoms with van der Waals surface area (Å²) < 4.78 is 78.1. The molecule has 3 nitrogen and oxygen atoms in total. The molecule has 1 atom stereocenters. The normalized spacial score (nSPS) is 13.4. The molecule has 0 radical (unpaired) electrons. The molecule has 172 valence electrons. The number of nitrogens with zero attached hydrogens (tertiary/aromatic N) is 1. The molecule has 0 aliphatic rings. The lowest BCUT2D eigenvalue weighted by molar-refractivity contribution is -0.141. The minimum absolute atomic E-state index is 0.00398. The van der Waals surface area contributed by atoms with Crippen molar-refractivity contribution < 1.29 is 31.4 Å². The van der Waals surface area contributed by atoms with Gasteiger partial charge in [0.25, 0.3) is 0 Å². The third-order valence-corrected chi connectivity index (χ3v) is 4.83. The Hall–Kier alpha value is -2.13. The van der Waals surface area contributed by atoms with Crippen LogP contribution in [0.2, 0.25) is 0 Å². The van der Waals surface area contributed by atoms with Gasteiger partial charge in [0.2, 0.25) is 0 Å². The van der Waals surface area contributed by atoms with Gasteiger partial charge in [-0.2, -0.15) is 26.3 Å². The molecule has 0 bridgehead atoms. The third kappa shape index (κ3) is 7.81. The second kappa shape index (κ2) is 10.9. The Kier molecular flexibility index (Phi) is 8.88. The number of rotatable bonds is 10. The number of aliphatic hydroxyl groups excluding tert-OH is 1. The fourth-order valence-corrected chi connectivity index (χ4v) is 3.08. The number of hydrogen-bond acceptors (Lipinski definition) is 3. The van der Waals surface area contributed by atoms with Crippen molar-refractivity contribution in [3.63, 3.8) is 0 Å². The molecule has 0 saturated carbocycles. The summed E-state index contributed by atoms with van der Waals surface area (Å²) in [6, 6.07) is 5.74. The highest BCUT2D eigenvalue weighted by Gasteiger charge is 2.34. The first-order valence-electron chi connectivity index (χ1n) is 10.2. The van der Waals surface area contributed by atoms with Gasteiger partial charge < -0.3 is 10.4 Å². The fraction of sp³-hybridized carbons (Fsp3) is 0.500. The zero-order valence-electron chi connectivity index (χ0n) is 17.2. The van der Waals surface area contributed by atoms with E-state index in [1.165, 1.54) is 6.07 Å². The van der Waals surface area contributed by atoms with Crippen LogP contribution in [0.3, 0.4) is 0 Å². The van der Waals surface area contributed by atoms with Gasteiger partial charge >= 0.3 is 12.4 Å². The molecule has 2 N–H and O–H groups in total. The minimum atomic E-state index is -4.76. The SMILES string of the molecule is CCCCCCCNCC(O)c1cc(-c2ccc(C(F)(F)F)cc2)nc(C(F)(F)F)c1. The number of aromatic nitrogens is 1. The van der Waals surface area contributed by atoms with Crippen molar-refractivity contribution in [1.82, 2.24) is 10.3 Å².